The lowest BCUT2D eigenvalue weighted by Gasteiger charge is -2.30. The van der Waals surface area contributed by atoms with E-state index in [1.165, 1.54) is 12.1 Å². The Kier molecular flexibility index (Phi) is 6.01. The molecule has 7 heteroatoms. The first-order valence-electron chi connectivity index (χ1n) is 10.8. The molecule has 0 bridgehead atoms. The lowest BCUT2D eigenvalue weighted by atomic mass is 9.97. The van der Waals surface area contributed by atoms with Gasteiger partial charge < -0.3 is 9.73 Å². The van der Waals surface area contributed by atoms with Crippen LogP contribution in [0.1, 0.15) is 41.1 Å². The van der Waals surface area contributed by atoms with Gasteiger partial charge in [-0.3, -0.25) is 9.69 Å². The Morgan fingerprint density at radius 3 is 2.62 bits per heavy atom. The summed E-state index contributed by atoms with van der Waals surface area (Å²) < 4.78 is 19.3. The van der Waals surface area contributed by atoms with Crippen LogP contribution in [-0.2, 0) is 4.79 Å². The summed E-state index contributed by atoms with van der Waals surface area (Å²) in [5, 5.41) is 5.12. The van der Waals surface area contributed by atoms with Gasteiger partial charge in [-0.1, -0.05) is 30.3 Å². The number of fused-ring (bicyclic) bond motifs is 1. The van der Waals surface area contributed by atoms with Gasteiger partial charge in [-0.15, -0.1) is 11.3 Å². The second kappa shape index (κ2) is 9.22. The van der Waals surface area contributed by atoms with E-state index in [4.69, 9.17) is 4.42 Å². The number of carbonyl (C=O) groups is 1. The van der Waals surface area contributed by atoms with Crippen molar-refractivity contribution in [3.8, 4) is 0 Å². The number of amides is 1. The smallest absolute Gasteiger partial charge is 0.234 e. The number of nitrogens with zero attached hydrogens (tertiary/aromatic N) is 2. The maximum Gasteiger partial charge on any atom is 0.234 e. The molecule has 0 radical (unpaired) electrons. The van der Waals surface area contributed by atoms with Crippen LogP contribution >= 0.6 is 11.3 Å². The van der Waals surface area contributed by atoms with E-state index in [0.717, 1.165) is 53.4 Å². The summed E-state index contributed by atoms with van der Waals surface area (Å²) in [7, 11) is 0. The van der Waals surface area contributed by atoms with Crippen molar-refractivity contribution in [1.29, 1.82) is 0 Å². The molecule has 1 saturated heterocycles. The molecular formula is C25H24FN3O2S. The third kappa shape index (κ3) is 4.59. The molecule has 1 atom stereocenters. The fourth-order valence-electron chi connectivity index (χ4n) is 4.24. The van der Waals surface area contributed by atoms with Crippen molar-refractivity contribution >= 4 is 28.3 Å². The molecule has 4 aromatic rings. The zero-order valence-corrected chi connectivity index (χ0v) is 18.4. The molecule has 2 aromatic carbocycles. The van der Waals surface area contributed by atoms with Gasteiger partial charge in [0.1, 0.15) is 11.3 Å². The van der Waals surface area contributed by atoms with Crippen molar-refractivity contribution in [2.75, 3.05) is 19.6 Å². The minimum Gasteiger partial charge on any atom is -0.440 e. The number of oxazole rings is 1. The molecule has 1 fully saturated rings. The number of thiophene rings is 1. The largest absolute Gasteiger partial charge is 0.440 e. The van der Waals surface area contributed by atoms with Crippen LogP contribution in [0.5, 0.6) is 0 Å². The molecule has 1 unspecified atom stereocenters. The lowest BCUT2D eigenvalue weighted by molar-refractivity contribution is -0.123. The Hall–Kier alpha value is -3.03. The SMILES string of the molecule is O=C(CN1CCC(c2nc3ccccc3o2)CC1)NC(c1ccc(F)cc1)c1cccs1. The summed E-state index contributed by atoms with van der Waals surface area (Å²) in [5.41, 5.74) is 2.59. The van der Waals surface area contributed by atoms with Gasteiger partial charge in [0.25, 0.3) is 0 Å². The van der Waals surface area contributed by atoms with Crippen LogP contribution < -0.4 is 5.32 Å². The lowest BCUT2D eigenvalue weighted by Crippen LogP contribution is -2.42. The Morgan fingerprint density at radius 2 is 1.91 bits per heavy atom. The topological polar surface area (TPSA) is 58.4 Å². The quantitative estimate of drug-likeness (QED) is 0.444. The number of carbonyl (C=O) groups excluding carboxylic acids is 1. The Morgan fingerprint density at radius 1 is 1.12 bits per heavy atom. The fraction of sp³-hybridized carbons (Fsp3) is 0.280. The Balaban J connectivity index is 1.20. The van der Waals surface area contributed by atoms with E-state index in [9.17, 15) is 9.18 Å². The first kappa shape index (κ1) is 20.8. The van der Waals surface area contributed by atoms with Crippen molar-refractivity contribution < 1.29 is 13.6 Å². The van der Waals surface area contributed by atoms with Gasteiger partial charge in [-0.05, 0) is 67.2 Å². The third-order valence-electron chi connectivity index (χ3n) is 5.95. The second-order valence-electron chi connectivity index (χ2n) is 8.14. The highest BCUT2D eigenvalue weighted by atomic mass is 32.1. The number of halogens is 1. The monoisotopic (exact) mass is 449 g/mol. The molecule has 0 spiro atoms. The van der Waals surface area contributed by atoms with E-state index in [0.29, 0.717) is 6.54 Å². The second-order valence-corrected chi connectivity index (χ2v) is 9.12. The molecule has 32 heavy (non-hydrogen) atoms. The van der Waals surface area contributed by atoms with E-state index >= 15 is 0 Å². The number of likely N-dealkylation sites (tertiary alicyclic amines) is 1. The van der Waals surface area contributed by atoms with Crippen molar-refractivity contribution in [1.82, 2.24) is 15.2 Å². The highest BCUT2D eigenvalue weighted by molar-refractivity contribution is 7.10. The Labute approximate surface area is 189 Å². The number of aromatic nitrogens is 1. The molecule has 1 aliphatic heterocycles. The predicted molar refractivity (Wildman–Crippen MR) is 123 cm³/mol. The highest BCUT2D eigenvalue weighted by Crippen LogP contribution is 2.30. The Bertz CT molecular complexity index is 1150. The fourth-order valence-corrected chi connectivity index (χ4v) is 5.04. The standard InChI is InChI=1S/C25H24FN3O2S/c26-19-9-7-17(8-10-19)24(22-6-3-15-32-22)28-23(30)16-29-13-11-18(12-14-29)25-27-20-4-1-2-5-21(20)31-25/h1-10,15,18,24H,11-14,16H2,(H,28,30). The third-order valence-corrected chi connectivity index (χ3v) is 6.89. The first-order valence-corrected chi connectivity index (χ1v) is 11.7. The number of hydrogen-bond donors (Lipinski definition) is 1. The van der Waals surface area contributed by atoms with E-state index in [1.54, 1.807) is 23.5 Å². The van der Waals surface area contributed by atoms with Crippen LogP contribution in [0.25, 0.3) is 11.1 Å². The average Bonchev–Trinajstić information content (AvgIpc) is 3.49. The van der Waals surface area contributed by atoms with E-state index < -0.39 is 0 Å². The van der Waals surface area contributed by atoms with Gasteiger partial charge in [0.2, 0.25) is 5.91 Å². The summed E-state index contributed by atoms with van der Waals surface area (Å²) >= 11 is 1.58. The molecule has 3 heterocycles. The molecule has 0 saturated carbocycles. The van der Waals surface area contributed by atoms with Crippen LogP contribution in [0, 0.1) is 5.82 Å². The zero-order chi connectivity index (χ0) is 21.9. The molecule has 1 N–H and O–H groups in total. The van der Waals surface area contributed by atoms with Crippen molar-refractivity contribution in [3.05, 3.63) is 88.2 Å². The number of hydrogen-bond acceptors (Lipinski definition) is 5. The molecule has 5 nitrogen and oxygen atoms in total. The van der Waals surface area contributed by atoms with Gasteiger partial charge in [0.15, 0.2) is 11.5 Å². The number of piperidine rings is 1. The molecule has 0 aliphatic carbocycles. The maximum absolute atomic E-state index is 13.4. The number of nitrogens with one attached hydrogen (secondary N) is 1. The molecule has 5 rings (SSSR count). The van der Waals surface area contributed by atoms with Crippen LogP contribution in [0.4, 0.5) is 4.39 Å². The number of benzene rings is 2. The van der Waals surface area contributed by atoms with Crippen LogP contribution in [-0.4, -0.2) is 35.4 Å². The minimum absolute atomic E-state index is 0.0342. The van der Waals surface area contributed by atoms with Crippen LogP contribution in [0.2, 0.25) is 0 Å². The summed E-state index contributed by atoms with van der Waals surface area (Å²) in [6.45, 7) is 1.97. The summed E-state index contributed by atoms with van der Waals surface area (Å²) in [6.07, 6.45) is 1.82. The van der Waals surface area contributed by atoms with E-state index in [2.05, 4.69) is 15.2 Å². The molecule has 164 valence electrons. The molecule has 1 aliphatic rings. The van der Waals surface area contributed by atoms with Gasteiger partial charge in [0, 0.05) is 10.8 Å². The average molecular weight is 450 g/mol. The van der Waals surface area contributed by atoms with Crippen molar-refractivity contribution in [2.45, 2.75) is 24.8 Å². The normalized spacial score (nSPS) is 16.3. The van der Waals surface area contributed by atoms with E-state index in [1.807, 2.05) is 41.8 Å². The number of para-hydroxylation sites is 2. The zero-order valence-electron chi connectivity index (χ0n) is 17.5. The van der Waals surface area contributed by atoms with Gasteiger partial charge in [-0.25, -0.2) is 9.37 Å². The van der Waals surface area contributed by atoms with Crippen LogP contribution in [0.3, 0.4) is 0 Å². The predicted octanol–water partition coefficient (Wildman–Crippen LogP) is 5.11. The molecule has 2 aromatic heterocycles. The first-order chi connectivity index (χ1) is 15.7. The van der Waals surface area contributed by atoms with E-state index in [-0.39, 0.29) is 23.7 Å². The minimum atomic E-state index is -0.285. The molecular weight excluding hydrogens is 425 g/mol. The van der Waals surface area contributed by atoms with Crippen molar-refractivity contribution in [2.24, 2.45) is 0 Å². The number of rotatable bonds is 6. The van der Waals surface area contributed by atoms with Gasteiger partial charge in [-0.2, -0.15) is 0 Å². The summed E-state index contributed by atoms with van der Waals surface area (Å²) in [5.74, 6) is 0.754. The molecule has 1 amide bonds. The van der Waals surface area contributed by atoms with Gasteiger partial charge >= 0.3 is 0 Å². The maximum atomic E-state index is 13.4. The summed E-state index contributed by atoms with van der Waals surface area (Å²) in [6, 6.07) is 17.8. The van der Waals surface area contributed by atoms with Gasteiger partial charge in [0.05, 0.1) is 12.6 Å². The van der Waals surface area contributed by atoms with Crippen LogP contribution in [0.15, 0.2) is 70.5 Å². The van der Waals surface area contributed by atoms with Crippen molar-refractivity contribution in [3.63, 3.8) is 0 Å². The summed E-state index contributed by atoms with van der Waals surface area (Å²) in [4.78, 5) is 20.7. The highest BCUT2D eigenvalue weighted by Gasteiger charge is 2.26.